The molecule has 0 atom stereocenters. The second kappa shape index (κ2) is 5.59. The molecule has 0 aromatic carbocycles. The highest BCUT2D eigenvalue weighted by molar-refractivity contribution is 5.81. The van der Waals surface area contributed by atoms with Gasteiger partial charge in [-0.15, -0.1) is 0 Å². The van der Waals surface area contributed by atoms with Crippen molar-refractivity contribution >= 4 is 22.7 Å². The summed E-state index contributed by atoms with van der Waals surface area (Å²) >= 11 is 0. The van der Waals surface area contributed by atoms with Crippen molar-refractivity contribution in [3.8, 4) is 5.75 Å². The molecule has 2 rings (SSSR count). The average Bonchev–Trinajstić information content (AvgIpc) is 2.31. The zero-order chi connectivity index (χ0) is 15.5. The van der Waals surface area contributed by atoms with E-state index < -0.39 is 12.1 Å². The van der Waals surface area contributed by atoms with E-state index in [0.717, 1.165) is 16.6 Å². The predicted molar refractivity (Wildman–Crippen MR) is 64.0 cm³/mol. The number of anilines is 1. The standard InChI is InChI=1S/C9H9N3O.C2HF3O2/c1-5-2-7-6(4-11-5)3-8(13)9(10)12-7;3-2(4,5)1(6)7/h2-4,13H,1H3,(H2,10,12);(H,6,7). The first-order chi connectivity index (χ1) is 9.11. The summed E-state index contributed by atoms with van der Waals surface area (Å²) in [5.41, 5.74) is 7.09. The molecule has 6 nitrogen and oxygen atoms in total. The van der Waals surface area contributed by atoms with Gasteiger partial charge < -0.3 is 15.9 Å². The maximum absolute atomic E-state index is 10.6. The summed E-state index contributed by atoms with van der Waals surface area (Å²) in [6.45, 7) is 1.88. The molecule has 20 heavy (non-hydrogen) atoms. The third-order valence-corrected chi connectivity index (χ3v) is 2.09. The van der Waals surface area contributed by atoms with Gasteiger partial charge in [0.25, 0.3) is 0 Å². The Hall–Kier alpha value is -2.58. The molecule has 0 amide bonds. The van der Waals surface area contributed by atoms with E-state index >= 15 is 0 Å². The maximum atomic E-state index is 10.6. The third kappa shape index (κ3) is 3.97. The van der Waals surface area contributed by atoms with E-state index in [2.05, 4.69) is 9.97 Å². The number of nitrogens with two attached hydrogens (primary N) is 1. The molecule has 2 heterocycles. The van der Waals surface area contributed by atoms with Gasteiger partial charge in [-0.2, -0.15) is 13.2 Å². The van der Waals surface area contributed by atoms with Crippen LogP contribution in [0.4, 0.5) is 19.0 Å². The third-order valence-electron chi connectivity index (χ3n) is 2.09. The summed E-state index contributed by atoms with van der Waals surface area (Å²) in [6, 6.07) is 3.38. The minimum Gasteiger partial charge on any atom is -0.504 e. The number of pyridine rings is 2. The number of nitrogens with zero attached hydrogens (tertiary/aromatic N) is 2. The van der Waals surface area contributed by atoms with Crippen LogP contribution in [0.3, 0.4) is 0 Å². The molecule has 0 spiro atoms. The zero-order valence-corrected chi connectivity index (χ0v) is 10.1. The molecule has 0 saturated heterocycles. The molecule has 0 aliphatic rings. The summed E-state index contributed by atoms with van der Waals surface area (Å²) in [6.07, 6.45) is -3.42. The lowest BCUT2D eigenvalue weighted by Crippen LogP contribution is -2.21. The number of aryl methyl sites for hydroxylation is 1. The van der Waals surface area contributed by atoms with Gasteiger partial charge >= 0.3 is 12.1 Å². The van der Waals surface area contributed by atoms with Gasteiger partial charge in [-0.3, -0.25) is 4.98 Å². The van der Waals surface area contributed by atoms with Crippen LogP contribution in [0, 0.1) is 6.92 Å². The number of alkyl halides is 3. The second-order valence-electron chi connectivity index (χ2n) is 3.71. The second-order valence-corrected chi connectivity index (χ2v) is 3.71. The summed E-state index contributed by atoms with van der Waals surface area (Å²) in [7, 11) is 0. The van der Waals surface area contributed by atoms with E-state index in [1.54, 1.807) is 12.3 Å². The first-order valence-electron chi connectivity index (χ1n) is 5.13. The van der Waals surface area contributed by atoms with Crippen molar-refractivity contribution in [2.75, 3.05) is 5.73 Å². The molecule has 0 aliphatic carbocycles. The minimum atomic E-state index is -5.08. The number of rotatable bonds is 0. The number of carboxylic acids is 1. The van der Waals surface area contributed by atoms with Crippen molar-refractivity contribution in [2.24, 2.45) is 0 Å². The Kier molecular flexibility index (Phi) is 4.33. The number of nitrogen functional groups attached to an aromatic ring is 1. The van der Waals surface area contributed by atoms with Crippen molar-refractivity contribution in [1.82, 2.24) is 9.97 Å². The predicted octanol–water partition coefficient (Wildman–Crippen LogP) is 1.86. The number of hydrogen-bond acceptors (Lipinski definition) is 5. The fourth-order valence-corrected chi connectivity index (χ4v) is 1.17. The summed E-state index contributed by atoms with van der Waals surface area (Å²) in [5.74, 6) is -2.61. The fraction of sp³-hybridized carbons (Fsp3) is 0.182. The Balaban J connectivity index is 0.000000246. The quantitative estimate of drug-likeness (QED) is 0.683. The summed E-state index contributed by atoms with van der Waals surface area (Å²) in [4.78, 5) is 17.0. The SMILES string of the molecule is Cc1cc2nc(N)c(O)cc2cn1.O=C(O)C(F)(F)F. The van der Waals surface area contributed by atoms with Gasteiger partial charge in [0, 0.05) is 17.3 Å². The van der Waals surface area contributed by atoms with Gasteiger partial charge in [0.2, 0.25) is 0 Å². The van der Waals surface area contributed by atoms with Gasteiger partial charge in [-0.05, 0) is 19.1 Å². The average molecular weight is 289 g/mol. The van der Waals surface area contributed by atoms with E-state index in [0.29, 0.717) is 0 Å². The molecule has 0 radical (unpaired) electrons. The first-order valence-corrected chi connectivity index (χ1v) is 5.13. The van der Waals surface area contributed by atoms with Gasteiger partial charge in [-0.25, -0.2) is 9.78 Å². The summed E-state index contributed by atoms with van der Waals surface area (Å²) < 4.78 is 31.7. The smallest absolute Gasteiger partial charge is 0.490 e. The van der Waals surface area contributed by atoms with Crippen molar-refractivity contribution < 1.29 is 28.2 Å². The summed E-state index contributed by atoms with van der Waals surface area (Å²) in [5, 5.41) is 17.2. The lowest BCUT2D eigenvalue weighted by Gasteiger charge is -2.01. The van der Waals surface area contributed by atoms with Crippen molar-refractivity contribution in [3.05, 3.63) is 24.0 Å². The zero-order valence-electron chi connectivity index (χ0n) is 10.1. The highest BCUT2D eigenvalue weighted by Gasteiger charge is 2.38. The van der Waals surface area contributed by atoms with Gasteiger partial charge in [0.15, 0.2) is 11.6 Å². The minimum absolute atomic E-state index is 0.00171. The van der Waals surface area contributed by atoms with E-state index in [9.17, 15) is 18.3 Å². The van der Waals surface area contributed by atoms with Gasteiger partial charge in [-0.1, -0.05) is 0 Å². The molecular weight excluding hydrogens is 279 g/mol. The van der Waals surface area contributed by atoms with Crippen LogP contribution >= 0.6 is 0 Å². The van der Waals surface area contributed by atoms with E-state index in [-0.39, 0.29) is 11.6 Å². The topological polar surface area (TPSA) is 109 Å². The highest BCUT2D eigenvalue weighted by atomic mass is 19.4. The molecular formula is C11H10F3N3O3. The Morgan fingerprint density at radius 3 is 2.40 bits per heavy atom. The van der Waals surface area contributed by atoms with E-state index in [4.69, 9.17) is 15.6 Å². The van der Waals surface area contributed by atoms with Crippen LogP contribution in [0.1, 0.15) is 5.69 Å². The molecule has 2 aromatic rings. The normalized spacial score (nSPS) is 10.8. The van der Waals surface area contributed by atoms with Gasteiger partial charge in [0.05, 0.1) is 5.52 Å². The monoisotopic (exact) mass is 289 g/mol. The Labute approximate surface area is 110 Å². The maximum Gasteiger partial charge on any atom is 0.490 e. The van der Waals surface area contributed by atoms with Crippen LogP contribution in [0.2, 0.25) is 0 Å². The Morgan fingerprint density at radius 1 is 1.35 bits per heavy atom. The molecule has 108 valence electrons. The van der Waals surface area contributed by atoms with Crippen molar-refractivity contribution in [1.29, 1.82) is 0 Å². The molecule has 0 bridgehead atoms. The van der Waals surface area contributed by atoms with Crippen LogP contribution in [0.5, 0.6) is 5.75 Å². The Bertz CT molecular complexity index is 644. The largest absolute Gasteiger partial charge is 0.504 e. The molecule has 0 unspecified atom stereocenters. The number of aliphatic carboxylic acids is 1. The van der Waals surface area contributed by atoms with Crippen molar-refractivity contribution in [2.45, 2.75) is 13.1 Å². The molecule has 4 N–H and O–H groups in total. The molecule has 9 heteroatoms. The Morgan fingerprint density at radius 2 is 1.90 bits per heavy atom. The fourth-order valence-electron chi connectivity index (χ4n) is 1.17. The van der Waals surface area contributed by atoms with Crippen LogP contribution in [0.15, 0.2) is 18.3 Å². The number of carbonyl (C=O) groups is 1. The van der Waals surface area contributed by atoms with Crippen LogP contribution in [-0.4, -0.2) is 32.3 Å². The number of hydrogen-bond donors (Lipinski definition) is 3. The number of aromatic hydroxyl groups is 1. The van der Waals surface area contributed by atoms with Gasteiger partial charge in [0.1, 0.15) is 0 Å². The van der Waals surface area contributed by atoms with E-state index in [1.807, 2.05) is 13.0 Å². The lowest BCUT2D eigenvalue weighted by atomic mass is 10.2. The first kappa shape index (κ1) is 15.5. The van der Waals surface area contributed by atoms with Crippen molar-refractivity contribution in [3.63, 3.8) is 0 Å². The highest BCUT2D eigenvalue weighted by Crippen LogP contribution is 2.22. The number of aromatic nitrogens is 2. The molecule has 0 aliphatic heterocycles. The lowest BCUT2D eigenvalue weighted by molar-refractivity contribution is -0.192. The van der Waals surface area contributed by atoms with Crippen LogP contribution in [0.25, 0.3) is 10.9 Å². The molecule has 0 fully saturated rings. The van der Waals surface area contributed by atoms with E-state index in [1.165, 1.54) is 0 Å². The number of fused-ring (bicyclic) bond motifs is 1. The van der Waals surface area contributed by atoms with Crippen LogP contribution in [-0.2, 0) is 4.79 Å². The molecule has 0 saturated carbocycles. The van der Waals surface area contributed by atoms with Crippen LogP contribution < -0.4 is 5.73 Å². The number of carboxylic acid groups (broad SMARTS) is 1. The molecule has 2 aromatic heterocycles. The number of halogens is 3.